The third kappa shape index (κ3) is 1.53. The highest BCUT2D eigenvalue weighted by Crippen LogP contribution is 2.14. The second-order valence-electron chi connectivity index (χ2n) is 4.10. The van der Waals surface area contributed by atoms with Gasteiger partial charge in [-0.25, -0.2) is 0 Å². The number of hydrogen-bond donors (Lipinski definition) is 0. The molecule has 2 aromatic heterocycles. The number of nitriles is 4. The average Bonchev–Trinajstić information content (AvgIpc) is 3.19. The zero-order valence-electron chi connectivity index (χ0n) is 10.7. The minimum absolute atomic E-state index is 0.150. The van der Waals surface area contributed by atoms with Gasteiger partial charge in [0.2, 0.25) is 0 Å². The first-order valence-corrected chi connectivity index (χ1v) is 5.76. The van der Waals surface area contributed by atoms with Crippen LogP contribution in [0.1, 0.15) is 0 Å². The van der Waals surface area contributed by atoms with Crippen LogP contribution >= 0.6 is 0 Å². The van der Waals surface area contributed by atoms with Crippen molar-refractivity contribution in [3.05, 3.63) is 23.0 Å². The molecule has 22 heavy (non-hydrogen) atoms. The highest BCUT2D eigenvalue weighted by Gasteiger charge is 2.17. The van der Waals surface area contributed by atoms with E-state index < -0.39 is 0 Å². The fourth-order valence-corrected chi connectivity index (χ4v) is 2.23. The number of nitrogens with zero attached hydrogens (tertiary/aromatic N) is 6. The molecule has 8 heteroatoms. The molecule has 0 unspecified atom stereocenters. The summed E-state index contributed by atoms with van der Waals surface area (Å²) < 4.78 is 9.78. The molecule has 0 aliphatic heterocycles. The van der Waals surface area contributed by atoms with Crippen molar-refractivity contribution in [1.82, 2.24) is 10.3 Å². The molecule has 0 fully saturated rings. The van der Waals surface area contributed by atoms with Crippen molar-refractivity contribution in [2.75, 3.05) is 0 Å². The van der Waals surface area contributed by atoms with Gasteiger partial charge in [-0.3, -0.25) is 0 Å². The lowest BCUT2D eigenvalue weighted by Gasteiger charge is -1.95. The van der Waals surface area contributed by atoms with E-state index in [2.05, 4.69) is 10.3 Å². The van der Waals surface area contributed by atoms with Crippen LogP contribution < -0.4 is 10.4 Å². The van der Waals surface area contributed by atoms with E-state index in [0.29, 0.717) is 10.8 Å². The maximum absolute atomic E-state index is 9.12. The van der Waals surface area contributed by atoms with E-state index in [0.717, 1.165) is 0 Å². The van der Waals surface area contributed by atoms with Gasteiger partial charge < -0.3 is 9.05 Å². The predicted octanol–water partition coefficient (Wildman–Crippen LogP) is 0.365. The smallest absolute Gasteiger partial charge is 0.141 e. The van der Waals surface area contributed by atoms with Gasteiger partial charge in [0, 0.05) is 5.22 Å². The Labute approximate surface area is 121 Å². The molecule has 0 aliphatic rings. The Kier molecular flexibility index (Phi) is 2.78. The summed E-state index contributed by atoms with van der Waals surface area (Å²) in [6.45, 7) is 0. The maximum atomic E-state index is 9.12. The van der Waals surface area contributed by atoms with Crippen molar-refractivity contribution >= 4 is 33.0 Å². The van der Waals surface area contributed by atoms with E-state index in [1.807, 2.05) is 0 Å². The lowest BCUT2D eigenvalue weighted by molar-refractivity contribution is 0.425. The summed E-state index contributed by atoms with van der Waals surface area (Å²) in [5.74, 6) is 0. The fourth-order valence-electron chi connectivity index (χ4n) is 2.23. The van der Waals surface area contributed by atoms with Crippen LogP contribution in [0.4, 0.5) is 0 Å². The van der Waals surface area contributed by atoms with Gasteiger partial charge in [0.15, 0.2) is 0 Å². The van der Waals surface area contributed by atoms with E-state index in [9.17, 15) is 0 Å². The minimum atomic E-state index is -0.222. The lowest BCUT2D eigenvalue weighted by Crippen LogP contribution is -2.17. The van der Waals surface area contributed by atoms with Crippen molar-refractivity contribution in [3.8, 4) is 24.3 Å². The molecule has 0 aliphatic carbocycles. The first kappa shape index (κ1) is 12.9. The molecular formula is C14H2N6O2. The Bertz CT molecular complexity index is 1030. The predicted molar refractivity (Wildman–Crippen MR) is 70.1 cm³/mol. The van der Waals surface area contributed by atoms with Crippen LogP contribution in [-0.2, 0) is 0 Å². The molecule has 0 spiro atoms. The summed E-state index contributed by atoms with van der Waals surface area (Å²) in [7, 11) is 0. The third-order valence-corrected chi connectivity index (χ3v) is 3.10. The van der Waals surface area contributed by atoms with Crippen LogP contribution in [0.25, 0.3) is 33.0 Å². The molecule has 0 N–H and O–H groups in total. The van der Waals surface area contributed by atoms with Crippen LogP contribution in [0, 0.1) is 45.3 Å². The number of hydrogen-bond acceptors (Lipinski definition) is 8. The summed E-state index contributed by atoms with van der Waals surface area (Å²) in [4.78, 5) is 0. The number of rotatable bonds is 0. The van der Waals surface area contributed by atoms with Crippen LogP contribution in [0.2, 0.25) is 0 Å². The molecule has 1 aromatic carbocycles. The monoisotopic (exact) mass is 286 g/mol. The molecule has 2 heterocycles. The molecule has 0 amide bonds. The number of benzene rings is 1. The summed E-state index contributed by atoms with van der Waals surface area (Å²) in [5.41, 5.74) is -0.0711. The Morgan fingerprint density at radius 3 is 1.55 bits per heavy atom. The quantitative estimate of drug-likeness (QED) is 0.575. The van der Waals surface area contributed by atoms with E-state index >= 15 is 0 Å². The highest BCUT2D eigenvalue weighted by molar-refractivity contribution is 6.02. The van der Waals surface area contributed by atoms with Gasteiger partial charge in [0.05, 0.1) is 16.0 Å². The Balaban J connectivity index is 2.89. The zero-order chi connectivity index (χ0) is 15.7. The van der Waals surface area contributed by atoms with Gasteiger partial charge in [0.25, 0.3) is 0 Å². The number of fused-ring (bicyclic) bond motifs is 2. The van der Waals surface area contributed by atoms with Crippen molar-refractivity contribution in [2.45, 2.75) is 0 Å². The van der Waals surface area contributed by atoms with Crippen LogP contribution in [-0.4, -0.2) is 10.3 Å². The topological polar surface area (TPSA) is 147 Å². The summed E-state index contributed by atoms with van der Waals surface area (Å²) >= 11 is 0. The van der Waals surface area contributed by atoms with Crippen LogP contribution in [0.3, 0.4) is 0 Å². The Morgan fingerprint density at radius 1 is 0.727 bits per heavy atom. The Hall–Kier alpha value is -4.14. The molecule has 3 aromatic rings. The molecule has 100 valence electrons. The molecular weight excluding hydrogens is 284 g/mol. The molecule has 0 atom stereocenters. The van der Waals surface area contributed by atoms with E-state index in [4.69, 9.17) is 30.1 Å². The van der Waals surface area contributed by atoms with Gasteiger partial charge in [-0.1, -0.05) is 10.3 Å². The van der Waals surface area contributed by atoms with Crippen molar-refractivity contribution in [2.24, 2.45) is 0 Å². The molecule has 0 radical (unpaired) electrons. The summed E-state index contributed by atoms with van der Waals surface area (Å²) in [5, 5.41) is 45.0. The van der Waals surface area contributed by atoms with Gasteiger partial charge >= 0.3 is 0 Å². The highest BCUT2D eigenvalue weighted by atomic mass is 16.5. The molecule has 3 rings (SSSR count). The van der Waals surface area contributed by atoms with Gasteiger partial charge in [-0.05, 0) is 0 Å². The van der Waals surface area contributed by atoms with E-state index in [-0.39, 0.29) is 32.6 Å². The molecule has 0 bridgehead atoms. The van der Waals surface area contributed by atoms with Crippen molar-refractivity contribution < 1.29 is 9.05 Å². The fraction of sp³-hybridized carbons (Fsp3) is 0. The first-order valence-electron chi connectivity index (χ1n) is 5.76. The molecule has 0 saturated carbocycles. The lowest BCUT2D eigenvalue weighted by atomic mass is 10.0. The van der Waals surface area contributed by atoms with Gasteiger partial charge in [0.1, 0.15) is 59.0 Å². The Morgan fingerprint density at radius 2 is 1.14 bits per heavy atom. The first-order chi connectivity index (χ1) is 10.8. The van der Waals surface area contributed by atoms with Gasteiger partial charge in [-0.15, -0.1) is 0 Å². The summed E-state index contributed by atoms with van der Waals surface area (Å²) in [6.07, 6.45) is 2.48. The van der Waals surface area contributed by atoms with Crippen molar-refractivity contribution in [1.29, 1.82) is 21.0 Å². The van der Waals surface area contributed by atoms with E-state index in [1.54, 1.807) is 24.3 Å². The summed E-state index contributed by atoms with van der Waals surface area (Å²) in [6, 6.07) is 7.10. The number of aromatic nitrogens is 2. The third-order valence-electron chi connectivity index (χ3n) is 3.10. The maximum Gasteiger partial charge on any atom is 0.141 e. The van der Waals surface area contributed by atoms with Gasteiger partial charge in [-0.2, -0.15) is 21.0 Å². The minimum Gasteiger partial charge on any atom is -0.363 e. The standard InChI is InChI=1S/C14H2N6O2/c15-1-7(2-16)11-9-5-21-19-13(9)12(8(3-17)4-18)14-10(11)6-22-20-14/h5-6H. The SMILES string of the molecule is N#CC(C#N)=c1c2conc2c(=C(C#N)C#N)c2nocc12. The largest absolute Gasteiger partial charge is 0.363 e. The van der Waals surface area contributed by atoms with E-state index in [1.165, 1.54) is 12.5 Å². The zero-order valence-corrected chi connectivity index (χ0v) is 10.7. The normalized spacial score (nSPS) is 9.64. The van der Waals surface area contributed by atoms with Crippen molar-refractivity contribution in [3.63, 3.8) is 0 Å². The van der Waals surface area contributed by atoms with Crippen LogP contribution in [0.15, 0.2) is 21.6 Å². The van der Waals surface area contributed by atoms with Crippen LogP contribution in [0.5, 0.6) is 0 Å². The second kappa shape index (κ2) is 4.76. The second-order valence-corrected chi connectivity index (χ2v) is 4.10. The molecule has 8 nitrogen and oxygen atoms in total. The molecule has 0 saturated heterocycles. The average molecular weight is 286 g/mol.